The van der Waals surface area contributed by atoms with Crippen molar-refractivity contribution < 1.29 is 14.2 Å². The van der Waals surface area contributed by atoms with Crippen LogP contribution in [-0.2, 0) is 26.4 Å². The summed E-state index contributed by atoms with van der Waals surface area (Å²) >= 11 is 0. The highest BCUT2D eigenvalue weighted by molar-refractivity contribution is 5.64. The van der Waals surface area contributed by atoms with E-state index in [2.05, 4.69) is 72.8 Å². The Morgan fingerprint density at radius 3 is 2.28 bits per heavy atom. The van der Waals surface area contributed by atoms with E-state index in [-0.39, 0.29) is 11.9 Å². The van der Waals surface area contributed by atoms with Gasteiger partial charge in [0.05, 0.1) is 13.2 Å². The third-order valence-corrected chi connectivity index (χ3v) is 5.91. The molecule has 5 rings (SSSR count). The molecule has 2 aliphatic heterocycles. The van der Waals surface area contributed by atoms with Gasteiger partial charge in [-0.2, -0.15) is 0 Å². The van der Waals surface area contributed by atoms with E-state index in [1.807, 2.05) is 6.07 Å². The fraction of sp³-hybridized carbons (Fsp3) is 0.308. The normalized spacial score (nSPS) is 23.7. The predicted octanol–water partition coefficient (Wildman–Crippen LogP) is 5.67. The number of hydrogen-bond donors (Lipinski definition) is 0. The highest BCUT2D eigenvalue weighted by Crippen LogP contribution is 2.47. The minimum Gasteiger partial charge on any atom is -0.359 e. The van der Waals surface area contributed by atoms with E-state index in [9.17, 15) is 0 Å². The Bertz CT molecular complexity index is 939. The molecule has 2 aliphatic rings. The lowest BCUT2D eigenvalue weighted by Crippen LogP contribution is -2.23. The monoisotopic (exact) mass is 386 g/mol. The lowest BCUT2D eigenvalue weighted by molar-refractivity contribution is -0.169. The van der Waals surface area contributed by atoms with Gasteiger partial charge in [0.25, 0.3) is 0 Å². The first kappa shape index (κ1) is 18.6. The fourth-order valence-electron chi connectivity index (χ4n) is 4.18. The lowest BCUT2D eigenvalue weighted by Gasteiger charge is -2.24. The predicted molar refractivity (Wildman–Crippen MR) is 113 cm³/mol. The summed E-state index contributed by atoms with van der Waals surface area (Å²) in [5.74, 6) is 0. The SMILES string of the molecule is c1ccc(-c2ccc(C3(c4ccccc4COC4CCCCO4)CO3)cc2)cc1. The molecule has 0 aliphatic carbocycles. The van der Waals surface area contributed by atoms with Crippen LogP contribution in [0.1, 0.15) is 36.0 Å². The number of ether oxygens (including phenoxy) is 3. The summed E-state index contributed by atoms with van der Waals surface area (Å²) in [4.78, 5) is 0. The van der Waals surface area contributed by atoms with E-state index in [1.54, 1.807) is 0 Å². The third kappa shape index (κ3) is 3.86. The highest BCUT2D eigenvalue weighted by Gasteiger charge is 2.49. The van der Waals surface area contributed by atoms with E-state index in [4.69, 9.17) is 14.2 Å². The van der Waals surface area contributed by atoms with Crippen molar-refractivity contribution in [3.05, 3.63) is 95.6 Å². The molecule has 0 saturated carbocycles. The molecule has 2 heterocycles. The van der Waals surface area contributed by atoms with Gasteiger partial charge < -0.3 is 14.2 Å². The van der Waals surface area contributed by atoms with Crippen molar-refractivity contribution in [1.29, 1.82) is 0 Å². The molecule has 2 unspecified atom stereocenters. The van der Waals surface area contributed by atoms with Crippen LogP contribution < -0.4 is 0 Å². The molecule has 2 fully saturated rings. The van der Waals surface area contributed by atoms with E-state index in [0.717, 1.165) is 19.4 Å². The zero-order chi connectivity index (χ0) is 19.5. The molecule has 29 heavy (non-hydrogen) atoms. The molecule has 0 aromatic heterocycles. The Morgan fingerprint density at radius 2 is 1.55 bits per heavy atom. The number of benzene rings is 3. The van der Waals surface area contributed by atoms with Crippen LogP contribution in [0, 0.1) is 0 Å². The van der Waals surface area contributed by atoms with Crippen LogP contribution in [-0.4, -0.2) is 19.5 Å². The average molecular weight is 386 g/mol. The molecule has 0 spiro atoms. The Morgan fingerprint density at radius 1 is 0.828 bits per heavy atom. The summed E-state index contributed by atoms with van der Waals surface area (Å²) in [6.45, 7) is 2.05. The summed E-state index contributed by atoms with van der Waals surface area (Å²) in [7, 11) is 0. The van der Waals surface area contributed by atoms with Crippen molar-refractivity contribution in [1.82, 2.24) is 0 Å². The molecule has 148 valence electrons. The van der Waals surface area contributed by atoms with Gasteiger partial charge in [0, 0.05) is 6.61 Å². The fourth-order valence-corrected chi connectivity index (χ4v) is 4.18. The molecule has 0 radical (unpaired) electrons. The van der Waals surface area contributed by atoms with Crippen molar-refractivity contribution >= 4 is 0 Å². The largest absolute Gasteiger partial charge is 0.359 e. The number of rotatable bonds is 6. The summed E-state index contributed by atoms with van der Waals surface area (Å²) in [6, 6.07) is 27.7. The molecule has 3 aromatic carbocycles. The summed E-state index contributed by atoms with van der Waals surface area (Å²) in [6.07, 6.45) is 3.20. The number of epoxide rings is 1. The zero-order valence-corrected chi connectivity index (χ0v) is 16.6. The van der Waals surface area contributed by atoms with Crippen molar-refractivity contribution in [2.24, 2.45) is 0 Å². The van der Waals surface area contributed by atoms with E-state index in [1.165, 1.54) is 34.2 Å². The molecular formula is C26H26O3. The topological polar surface area (TPSA) is 31.0 Å². The van der Waals surface area contributed by atoms with Gasteiger partial charge >= 0.3 is 0 Å². The summed E-state index contributed by atoms with van der Waals surface area (Å²) < 4.78 is 17.9. The molecule has 3 nitrogen and oxygen atoms in total. The molecule has 0 N–H and O–H groups in total. The Kier molecular flexibility index (Phi) is 5.19. The maximum absolute atomic E-state index is 6.07. The quantitative estimate of drug-likeness (QED) is 0.511. The van der Waals surface area contributed by atoms with E-state index >= 15 is 0 Å². The van der Waals surface area contributed by atoms with Gasteiger partial charge in [0.1, 0.15) is 5.60 Å². The van der Waals surface area contributed by atoms with Crippen molar-refractivity contribution in [2.45, 2.75) is 37.8 Å². The maximum Gasteiger partial charge on any atom is 0.158 e. The Hall–Kier alpha value is -2.46. The summed E-state index contributed by atoms with van der Waals surface area (Å²) in [5, 5.41) is 0. The van der Waals surface area contributed by atoms with Crippen LogP contribution in [0.15, 0.2) is 78.9 Å². The molecule has 2 saturated heterocycles. The second kappa shape index (κ2) is 8.11. The van der Waals surface area contributed by atoms with Gasteiger partial charge in [0.15, 0.2) is 6.29 Å². The highest BCUT2D eigenvalue weighted by atomic mass is 16.7. The van der Waals surface area contributed by atoms with Gasteiger partial charge in [-0.15, -0.1) is 0 Å². The van der Waals surface area contributed by atoms with Gasteiger partial charge in [-0.05, 0) is 47.1 Å². The average Bonchev–Trinajstić information content (AvgIpc) is 3.61. The zero-order valence-electron chi connectivity index (χ0n) is 16.6. The molecule has 3 heteroatoms. The van der Waals surface area contributed by atoms with E-state index in [0.29, 0.717) is 13.2 Å². The van der Waals surface area contributed by atoms with Crippen molar-refractivity contribution in [3.8, 4) is 11.1 Å². The third-order valence-electron chi connectivity index (χ3n) is 5.91. The van der Waals surface area contributed by atoms with Gasteiger partial charge in [-0.3, -0.25) is 0 Å². The minimum atomic E-state index is -0.359. The van der Waals surface area contributed by atoms with Crippen LogP contribution in [0.2, 0.25) is 0 Å². The van der Waals surface area contributed by atoms with Gasteiger partial charge in [-0.1, -0.05) is 78.9 Å². The lowest BCUT2D eigenvalue weighted by atomic mass is 9.87. The van der Waals surface area contributed by atoms with Crippen molar-refractivity contribution in [3.63, 3.8) is 0 Å². The van der Waals surface area contributed by atoms with Crippen LogP contribution in [0.3, 0.4) is 0 Å². The van der Waals surface area contributed by atoms with Gasteiger partial charge in [0.2, 0.25) is 0 Å². The standard InChI is InChI=1S/C26H26O3/c1-2-8-20(9-3-1)21-13-15-23(16-14-21)26(19-29-26)24-11-5-4-10-22(24)18-28-25-12-6-7-17-27-25/h1-5,8-11,13-16,25H,6-7,12,17-19H2. The second-order valence-corrected chi connectivity index (χ2v) is 7.82. The van der Waals surface area contributed by atoms with Crippen LogP contribution in [0.25, 0.3) is 11.1 Å². The number of hydrogen-bond acceptors (Lipinski definition) is 3. The molecule has 0 amide bonds. The van der Waals surface area contributed by atoms with E-state index < -0.39 is 0 Å². The first-order chi connectivity index (χ1) is 14.4. The first-order valence-corrected chi connectivity index (χ1v) is 10.5. The Balaban J connectivity index is 1.38. The second-order valence-electron chi connectivity index (χ2n) is 7.82. The molecular weight excluding hydrogens is 360 g/mol. The maximum atomic E-state index is 6.07. The molecule has 3 aromatic rings. The summed E-state index contributed by atoms with van der Waals surface area (Å²) in [5.41, 5.74) is 5.65. The minimum absolute atomic E-state index is 0.0852. The van der Waals surface area contributed by atoms with Gasteiger partial charge in [-0.25, -0.2) is 0 Å². The first-order valence-electron chi connectivity index (χ1n) is 10.5. The van der Waals surface area contributed by atoms with Crippen LogP contribution in [0.5, 0.6) is 0 Å². The smallest absolute Gasteiger partial charge is 0.158 e. The van der Waals surface area contributed by atoms with Crippen LogP contribution in [0.4, 0.5) is 0 Å². The van der Waals surface area contributed by atoms with Crippen LogP contribution >= 0.6 is 0 Å². The van der Waals surface area contributed by atoms with Crippen molar-refractivity contribution in [2.75, 3.05) is 13.2 Å². The molecule has 0 bridgehead atoms. The Labute approximate surface area is 172 Å². The molecule has 2 atom stereocenters.